The molecule has 0 saturated heterocycles. The Hall–Kier alpha value is -1.06. The third-order valence-electron chi connectivity index (χ3n) is 4.49. The van der Waals surface area contributed by atoms with Crippen molar-refractivity contribution in [2.75, 3.05) is 27.2 Å². The first-order valence-corrected chi connectivity index (χ1v) is 8.12. The van der Waals surface area contributed by atoms with Crippen LogP contribution >= 0.6 is 0 Å². The summed E-state index contributed by atoms with van der Waals surface area (Å²) < 4.78 is 5.25. The van der Waals surface area contributed by atoms with Crippen molar-refractivity contribution in [3.8, 4) is 5.75 Å². The Labute approximate surface area is 130 Å². The summed E-state index contributed by atoms with van der Waals surface area (Å²) in [6.45, 7) is 11.4. The van der Waals surface area contributed by atoms with E-state index in [2.05, 4.69) is 50.0 Å². The molecule has 0 aliphatic heterocycles. The molecule has 0 aliphatic carbocycles. The number of rotatable bonds is 9. The molecule has 0 spiro atoms. The molecule has 3 atom stereocenters. The van der Waals surface area contributed by atoms with E-state index in [-0.39, 0.29) is 0 Å². The largest absolute Gasteiger partial charge is 0.497 e. The smallest absolute Gasteiger partial charge is 0.118 e. The van der Waals surface area contributed by atoms with Crippen LogP contribution in [0, 0.1) is 5.92 Å². The summed E-state index contributed by atoms with van der Waals surface area (Å²) in [4.78, 5) is 2.57. The van der Waals surface area contributed by atoms with Gasteiger partial charge in [-0.15, -0.1) is 0 Å². The summed E-state index contributed by atoms with van der Waals surface area (Å²) in [6, 6.07) is 9.19. The highest BCUT2D eigenvalue weighted by Crippen LogP contribution is 2.24. The van der Waals surface area contributed by atoms with Crippen LogP contribution in [0.2, 0.25) is 0 Å². The van der Waals surface area contributed by atoms with Gasteiger partial charge in [0.1, 0.15) is 5.75 Å². The van der Waals surface area contributed by atoms with E-state index >= 15 is 0 Å². The molecule has 1 rings (SSSR count). The van der Waals surface area contributed by atoms with Gasteiger partial charge in [-0.05, 0) is 44.1 Å². The maximum Gasteiger partial charge on any atom is 0.118 e. The van der Waals surface area contributed by atoms with Gasteiger partial charge in [0.2, 0.25) is 0 Å². The van der Waals surface area contributed by atoms with E-state index in [1.807, 2.05) is 19.2 Å². The summed E-state index contributed by atoms with van der Waals surface area (Å²) in [5, 5.41) is 3.48. The predicted molar refractivity (Wildman–Crippen MR) is 91.0 cm³/mol. The minimum Gasteiger partial charge on any atom is -0.497 e. The molecule has 0 saturated carbocycles. The summed E-state index contributed by atoms with van der Waals surface area (Å²) in [5.74, 6) is 1.65. The van der Waals surface area contributed by atoms with Crippen molar-refractivity contribution in [3.05, 3.63) is 29.8 Å². The van der Waals surface area contributed by atoms with Gasteiger partial charge in [0.05, 0.1) is 7.11 Å². The van der Waals surface area contributed by atoms with Crippen molar-refractivity contribution in [2.24, 2.45) is 5.92 Å². The van der Waals surface area contributed by atoms with Gasteiger partial charge in [-0.25, -0.2) is 0 Å². The normalized spacial score (nSPS) is 15.8. The Morgan fingerprint density at radius 3 is 2.19 bits per heavy atom. The van der Waals surface area contributed by atoms with Gasteiger partial charge in [-0.3, -0.25) is 4.90 Å². The molecule has 0 bridgehead atoms. The molecule has 0 radical (unpaired) electrons. The number of hydrogen-bond donors (Lipinski definition) is 1. The van der Waals surface area contributed by atoms with E-state index in [1.54, 1.807) is 7.11 Å². The topological polar surface area (TPSA) is 24.5 Å². The first-order valence-electron chi connectivity index (χ1n) is 8.12. The van der Waals surface area contributed by atoms with Crippen LogP contribution in [0.4, 0.5) is 0 Å². The van der Waals surface area contributed by atoms with Gasteiger partial charge in [-0.1, -0.05) is 39.3 Å². The van der Waals surface area contributed by atoms with Crippen LogP contribution in [0.25, 0.3) is 0 Å². The van der Waals surface area contributed by atoms with Crippen molar-refractivity contribution < 1.29 is 4.74 Å². The summed E-state index contributed by atoms with van der Waals surface area (Å²) in [5.41, 5.74) is 1.31. The average Bonchev–Trinajstić information content (AvgIpc) is 2.53. The molecule has 1 N–H and O–H groups in total. The number of likely N-dealkylation sites (N-methyl/N-ethyl adjacent to an activating group) is 2. The molecule has 0 fully saturated rings. The van der Waals surface area contributed by atoms with Crippen LogP contribution in [-0.2, 0) is 0 Å². The Balaban J connectivity index is 2.84. The Morgan fingerprint density at radius 1 is 1.14 bits per heavy atom. The summed E-state index contributed by atoms with van der Waals surface area (Å²) in [7, 11) is 3.75. The molecule has 21 heavy (non-hydrogen) atoms. The number of nitrogens with one attached hydrogen (secondary N) is 1. The Kier molecular flexibility index (Phi) is 7.76. The SMILES string of the molecule is CCC(C)CN(CC)C(C)C(NC)c1ccc(OC)cc1. The molecule has 0 aromatic heterocycles. The summed E-state index contributed by atoms with van der Waals surface area (Å²) >= 11 is 0. The van der Waals surface area contributed by atoms with E-state index < -0.39 is 0 Å². The lowest BCUT2D eigenvalue weighted by molar-refractivity contribution is 0.157. The van der Waals surface area contributed by atoms with Crippen molar-refractivity contribution in [3.63, 3.8) is 0 Å². The van der Waals surface area contributed by atoms with E-state index in [4.69, 9.17) is 4.74 Å². The number of methoxy groups -OCH3 is 1. The molecule has 3 unspecified atom stereocenters. The fraction of sp³-hybridized carbons (Fsp3) is 0.667. The molecular weight excluding hydrogens is 260 g/mol. The lowest BCUT2D eigenvalue weighted by Crippen LogP contribution is -2.43. The molecule has 0 heterocycles. The highest BCUT2D eigenvalue weighted by molar-refractivity contribution is 5.29. The first-order chi connectivity index (χ1) is 10.1. The molecule has 0 amide bonds. The minimum atomic E-state index is 0.333. The second-order valence-electron chi connectivity index (χ2n) is 5.88. The van der Waals surface area contributed by atoms with Gasteiger partial charge < -0.3 is 10.1 Å². The number of nitrogens with zero attached hydrogens (tertiary/aromatic N) is 1. The zero-order valence-corrected chi connectivity index (χ0v) is 14.5. The number of hydrogen-bond acceptors (Lipinski definition) is 3. The lowest BCUT2D eigenvalue weighted by atomic mass is 9.97. The molecule has 1 aromatic rings. The van der Waals surface area contributed by atoms with Crippen molar-refractivity contribution >= 4 is 0 Å². The van der Waals surface area contributed by atoms with E-state index in [0.717, 1.165) is 24.8 Å². The maximum atomic E-state index is 5.25. The fourth-order valence-electron chi connectivity index (χ4n) is 2.82. The third-order valence-corrected chi connectivity index (χ3v) is 4.49. The van der Waals surface area contributed by atoms with Crippen LogP contribution in [-0.4, -0.2) is 38.2 Å². The van der Waals surface area contributed by atoms with Gasteiger partial charge in [0.25, 0.3) is 0 Å². The molecular formula is C18H32N2O. The molecule has 0 aliphatic rings. The van der Waals surface area contributed by atoms with Crippen LogP contribution in [0.3, 0.4) is 0 Å². The maximum absolute atomic E-state index is 5.25. The molecule has 3 nitrogen and oxygen atoms in total. The highest BCUT2D eigenvalue weighted by atomic mass is 16.5. The van der Waals surface area contributed by atoms with Crippen molar-refractivity contribution in [1.82, 2.24) is 10.2 Å². The van der Waals surface area contributed by atoms with Crippen molar-refractivity contribution in [2.45, 2.75) is 46.2 Å². The van der Waals surface area contributed by atoms with E-state index in [9.17, 15) is 0 Å². The Morgan fingerprint density at radius 2 is 1.76 bits per heavy atom. The fourth-order valence-corrected chi connectivity index (χ4v) is 2.82. The second-order valence-corrected chi connectivity index (χ2v) is 5.88. The molecule has 3 heteroatoms. The van der Waals surface area contributed by atoms with Crippen LogP contribution in [0.15, 0.2) is 24.3 Å². The first kappa shape index (κ1) is 18.0. The van der Waals surface area contributed by atoms with Gasteiger partial charge >= 0.3 is 0 Å². The lowest BCUT2D eigenvalue weighted by Gasteiger charge is -2.35. The van der Waals surface area contributed by atoms with Crippen LogP contribution in [0.5, 0.6) is 5.75 Å². The third kappa shape index (κ3) is 5.01. The van der Waals surface area contributed by atoms with Gasteiger partial charge in [0, 0.05) is 18.6 Å². The second kappa shape index (κ2) is 9.06. The molecule has 120 valence electrons. The monoisotopic (exact) mass is 292 g/mol. The predicted octanol–water partition coefficient (Wildman–Crippen LogP) is 3.71. The molecule has 1 aromatic carbocycles. The quantitative estimate of drug-likeness (QED) is 0.751. The Bertz CT molecular complexity index is 391. The van der Waals surface area contributed by atoms with Crippen LogP contribution in [0.1, 0.15) is 45.7 Å². The zero-order valence-electron chi connectivity index (χ0n) is 14.5. The zero-order chi connectivity index (χ0) is 15.8. The number of ether oxygens (including phenoxy) is 1. The number of benzene rings is 1. The van der Waals surface area contributed by atoms with Gasteiger partial charge in [0.15, 0.2) is 0 Å². The van der Waals surface area contributed by atoms with E-state index in [1.165, 1.54) is 12.0 Å². The van der Waals surface area contributed by atoms with Gasteiger partial charge in [-0.2, -0.15) is 0 Å². The average molecular weight is 292 g/mol. The van der Waals surface area contributed by atoms with Crippen molar-refractivity contribution in [1.29, 1.82) is 0 Å². The summed E-state index contributed by atoms with van der Waals surface area (Å²) in [6.07, 6.45) is 1.23. The minimum absolute atomic E-state index is 0.333. The van der Waals surface area contributed by atoms with Crippen LogP contribution < -0.4 is 10.1 Å². The van der Waals surface area contributed by atoms with E-state index in [0.29, 0.717) is 12.1 Å². The standard InChI is InChI=1S/C18H32N2O/c1-7-14(3)13-20(8-2)15(4)18(19-5)16-9-11-17(21-6)12-10-16/h9-12,14-15,18-19H,7-8,13H2,1-6H3. The highest BCUT2D eigenvalue weighted by Gasteiger charge is 2.23.